The summed E-state index contributed by atoms with van der Waals surface area (Å²) in [7, 11) is 0. The van der Waals surface area contributed by atoms with Crippen LogP contribution in [0.1, 0.15) is 46.7 Å². The highest BCUT2D eigenvalue weighted by Gasteiger charge is 2.26. The maximum atomic E-state index is 12.9. The molecule has 166 valence electrons. The molecule has 7 heteroatoms. The molecule has 2 atom stereocenters. The molecule has 2 aromatic carbocycles. The summed E-state index contributed by atoms with van der Waals surface area (Å²) in [5, 5.41) is 8.51. The van der Waals surface area contributed by atoms with Crippen LogP contribution in [0.4, 0.5) is 5.69 Å². The molecule has 1 heterocycles. The zero-order chi connectivity index (χ0) is 22.9. The van der Waals surface area contributed by atoms with E-state index in [-0.39, 0.29) is 35.9 Å². The molecule has 3 amide bonds. The molecule has 3 N–H and O–H groups in total. The van der Waals surface area contributed by atoms with Crippen molar-refractivity contribution in [2.75, 3.05) is 5.32 Å². The van der Waals surface area contributed by atoms with E-state index in [9.17, 15) is 14.4 Å². The summed E-state index contributed by atoms with van der Waals surface area (Å²) in [6, 6.07) is 18.6. The van der Waals surface area contributed by atoms with Gasteiger partial charge in [-0.2, -0.15) is 0 Å². The largest absolute Gasteiger partial charge is 0.459 e. The van der Waals surface area contributed by atoms with Crippen molar-refractivity contribution in [1.29, 1.82) is 0 Å². The Labute approximate surface area is 187 Å². The van der Waals surface area contributed by atoms with Crippen molar-refractivity contribution >= 4 is 23.4 Å². The quantitative estimate of drug-likeness (QED) is 0.475. The Bertz CT molecular complexity index is 1050. The lowest BCUT2D eigenvalue weighted by Gasteiger charge is -2.23. The highest BCUT2D eigenvalue weighted by atomic mass is 16.3. The van der Waals surface area contributed by atoms with E-state index in [0.29, 0.717) is 11.3 Å². The van der Waals surface area contributed by atoms with Gasteiger partial charge in [0.1, 0.15) is 6.04 Å². The van der Waals surface area contributed by atoms with E-state index in [1.165, 1.54) is 6.26 Å². The Morgan fingerprint density at radius 2 is 1.72 bits per heavy atom. The molecule has 0 fully saturated rings. The fourth-order valence-electron chi connectivity index (χ4n) is 3.17. The van der Waals surface area contributed by atoms with Crippen molar-refractivity contribution in [2.24, 2.45) is 5.92 Å². The van der Waals surface area contributed by atoms with Crippen molar-refractivity contribution < 1.29 is 18.8 Å². The molecule has 7 nitrogen and oxygen atoms in total. The Morgan fingerprint density at radius 3 is 2.41 bits per heavy atom. The second kappa shape index (κ2) is 10.9. The summed E-state index contributed by atoms with van der Waals surface area (Å²) < 4.78 is 5.10. The number of amides is 3. The first-order chi connectivity index (χ1) is 15.5. The zero-order valence-corrected chi connectivity index (χ0v) is 18.1. The number of carbonyl (C=O) groups is 3. The van der Waals surface area contributed by atoms with E-state index in [4.69, 9.17) is 4.42 Å². The maximum absolute atomic E-state index is 12.9. The van der Waals surface area contributed by atoms with Crippen molar-refractivity contribution in [1.82, 2.24) is 10.6 Å². The third-order valence-electron chi connectivity index (χ3n) is 5.21. The standard InChI is InChI=1S/C25H27N3O4/c1-3-17(2)22(28-23(29)19-10-5-4-6-11-19)25(31)26-16-18-9-7-12-20(15-18)27-24(30)21-13-8-14-32-21/h4-15,17,22H,3,16H2,1-2H3,(H,26,31)(H,27,30)(H,28,29). The van der Waals surface area contributed by atoms with Gasteiger partial charge in [0.2, 0.25) is 5.91 Å². The monoisotopic (exact) mass is 433 g/mol. The van der Waals surface area contributed by atoms with Gasteiger partial charge in [0.05, 0.1) is 6.26 Å². The average Bonchev–Trinajstić information content (AvgIpc) is 3.36. The molecule has 0 aliphatic heterocycles. The predicted molar refractivity (Wildman–Crippen MR) is 122 cm³/mol. The summed E-state index contributed by atoms with van der Waals surface area (Å²) in [6.07, 6.45) is 2.17. The molecule has 0 aliphatic carbocycles. The molecule has 0 saturated heterocycles. The van der Waals surface area contributed by atoms with Crippen molar-refractivity contribution in [3.8, 4) is 0 Å². The molecule has 0 radical (unpaired) electrons. The average molecular weight is 434 g/mol. The van der Waals surface area contributed by atoms with Crippen LogP contribution >= 0.6 is 0 Å². The van der Waals surface area contributed by atoms with Gasteiger partial charge in [-0.15, -0.1) is 0 Å². The third kappa shape index (κ3) is 6.07. The van der Waals surface area contributed by atoms with Gasteiger partial charge >= 0.3 is 0 Å². The van der Waals surface area contributed by atoms with Crippen molar-refractivity contribution in [3.05, 3.63) is 89.9 Å². The summed E-state index contributed by atoms with van der Waals surface area (Å²) in [5.41, 5.74) is 1.91. The molecule has 0 bridgehead atoms. The Balaban J connectivity index is 1.61. The minimum Gasteiger partial charge on any atom is -0.459 e. The highest BCUT2D eigenvalue weighted by molar-refractivity contribution is 6.02. The number of furan rings is 1. The Hall–Kier alpha value is -3.87. The SMILES string of the molecule is CCC(C)C(NC(=O)c1ccccc1)C(=O)NCc1cccc(NC(=O)c2ccco2)c1. The van der Waals surface area contributed by atoms with Gasteiger partial charge in [0, 0.05) is 17.8 Å². The molecule has 1 aromatic heterocycles. The number of anilines is 1. The Morgan fingerprint density at radius 1 is 0.938 bits per heavy atom. The van der Waals surface area contributed by atoms with Crippen LogP contribution in [-0.4, -0.2) is 23.8 Å². The number of benzene rings is 2. The first-order valence-electron chi connectivity index (χ1n) is 10.6. The molecule has 0 aliphatic rings. The maximum Gasteiger partial charge on any atom is 0.291 e. The Kier molecular flexibility index (Phi) is 7.80. The predicted octanol–water partition coefficient (Wildman–Crippen LogP) is 3.99. The number of hydrogen-bond donors (Lipinski definition) is 3. The molecule has 2 unspecified atom stereocenters. The normalized spacial score (nSPS) is 12.4. The van der Waals surface area contributed by atoms with Gasteiger partial charge in [-0.1, -0.05) is 50.6 Å². The first-order valence-corrected chi connectivity index (χ1v) is 10.6. The minimum atomic E-state index is -0.658. The van der Waals surface area contributed by atoms with Crippen LogP contribution < -0.4 is 16.0 Å². The fourth-order valence-corrected chi connectivity index (χ4v) is 3.17. The van der Waals surface area contributed by atoms with Gasteiger partial charge in [0.15, 0.2) is 5.76 Å². The molecule has 32 heavy (non-hydrogen) atoms. The molecular weight excluding hydrogens is 406 g/mol. The number of carbonyl (C=O) groups excluding carboxylic acids is 3. The van der Waals surface area contributed by atoms with Gasteiger partial charge in [-0.25, -0.2) is 0 Å². The van der Waals surface area contributed by atoms with Crippen LogP contribution in [0, 0.1) is 5.92 Å². The van der Waals surface area contributed by atoms with Gasteiger partial charge in [-0.05, 0) is 47.9 Å². The van der Waals surface area contributed by atoms with Gasteiger partial charge in [0.25, 0.3) is 11.8 Å². The number of hydrogen-bond acceptors (Lipinski definition) is 4. The third-order valence-corrected chi connectivity index (χ3v) is 5.21. The molecule has 0 spiro atoms. The lowest BCUT2D eigenvalue weighted by molar-refractivity contribution is -0.124. The fraction of sp³-hybridized carbons (Fsp3) is 0.240. The summed E-state index contributed by atoms with van der Waals surface area (Å²) in [5.74, 6) is -0.713. The zero-order valence-electron chi connectivity index (χ0n) is 18.1. The van der Waals surface area contributed by atoms with Crippen LogP contribution in [0.25, 0.3) is 0 Å². The van der Waals surface area contributed by atoms with Crippen molar-refractivity contribution in [3.63, 3.8) is 0 Å². The molecule has 0 saturated carbocycles. The summed E-state index contributed by atoms with van der Waals surface area (Å²) in [4.78, 5) is 37.6. The lowest BCUT2D eigenvalue weighted by atomic mass is 9.97. The smallest absolute Gasteiger partial charge is 0.291 e. The second-order valence-electron chi connectivity index (χ2n) is 7.55. The van der Waals surface area contributed by atoms with Crippen LogP contribution in [0.15, 0.2) is 77.4 Å². The number of nitrogens with one attached hydrogen (secondary N) is 3. The summed E-state index contributed by atoms with van der Waals surface area (Å²) >= 11 is 0. The van der Waals surface area contributed by atoms with Gasteiger partial charge in [-0.3, -0.25) is 14.4 Å². The topological polar surface area (TPSA) is 100 Å². The van der Waals surface area contributed by atoms with Crippen molar-refractivity contribution in [2.45, 2.75) is 32.9 Å². The van der Waals surface area contributed by atoms with E-state index >= 15 is 0 Å². The first kappa shape index (κ1) is 22.8. The van der Waals surface area contributed by atoms with Crippen LogP contribution in [-0.2, 0) is 11.3 Å². The molecule has 3 aromatic rings. The number of rotatable bonds is 9. The highest BCUT2D eigenvalue weighted by Crippen LogP contribution is 2.14. The van der Waals surface area contributed by atoms with Crippen LogP contribution in [0.2, 0.25) is 0 Å². The van der Waals surface area contributed by atoms with E-state index in [1.807, 2.05) is 26.0 Å². The van der Waals surface area contributed by atoms with Crippen LogP contribution in [0.5, 0.6) is 0 Å². The molecule has 3 rings (SSSR count). The van der Waals surface area contributed by atoms with E-state index in [2.05, 4.69) is 16.0 Å². The van der Waals surface area contributed by atoms with E-state index in [1.54, 1.807) is 54.6 Å². The summed E-state index contributed by atoms with van der Waals surface area (Å²) in [6.45, 7) is 4.17. The van der Waals surface area contributed by atoms with E-state index in [0.717, 1.165) is 12.0 Å². The minimum absolute atomic E-state index is 0.0402. The molecular formula is C25H27N3O4. The van der Waals surface area contributed by atoms with Gasteiger partial charge < -0.3 is 20.4 Å². The van der Waals surface area contributed by atoms with E-state index < -0.39 is 6.04 Å². The lowest BCUT2D eigenvalue weighted by Crippen LogP contribution is -2.50. The second-order valence-corrected chi connectivity index (χ2v) is 7.55. The van der Waals surface area contributed by atoms with Crippen LogP contribution in [0.3, 0.4) is 0 Å².